The third kappa shape index (κ3) is 9.20. The summed E-state index contributed by atoms with van der Waals surface area (Å²) in [5.41, 5.74) is 8.87. The van der Waals surface area contributed by atoms with Crippen LogP contribution in [0.3, 0.4) is 0 Å². The van der Waals surface area contributed by atoms with Crippen LogP contribution in [0.15, 0.2) is 42.5 Å². The Bertz CT molecular complexity index is 1040. The van der Waals surface area contributed by atoms with Crippen molar-refractivity contribution in [2.45, 2.75) is 72.6 Å². The molecule has 2 aromatic rings. The van der Waals surface area contributed by atoms with Gasteiger partial charge < -0.3 is 29.6 Å². The van der Waals surface area contributed by atoms with Gasteiger partial charge in [-0.25, -0.2) is 0 Å². The molecule has 0 radical (unpaired) electrons. The zero-order valence-corrected chi connectivity index (χ0v) is 24.2. The first-order valence-corrected chi connectivity index (χ1v) is 12.8. The van der Waals surface area contributed by atoms with Crippen LogP contribution in [0.5, 0.6) is 11.5 Å². The molecule has 0 heterocycles. The summed E-state index contributed by atoms with van der Waals surface area (Å²) in [6.45, 7) is 12.5. The van der Waals surface area contributed by atoms with Crippen molar-refractivity contribution < 1.29 is 23.7 Å². The van der Waals surface area contributed by atoms with Crippen molar-refractivity contribution in [1.82, 2.24) is 4.90 Å². The van der Waals surface area contributed by atoms with Crippen LogP contribution < -0.4 is 15.2 Å². The largest absolute Gasteiger partial charge is 0.493 e. The van der Waals surface area contributed by atoms with Crippen molar-refractivity contribution in [2.75, 3.05) is 21.0 Å². The number of nitrogens with zero attached hydrogens (tertiary/aromatic N) is 1. The zero-order valence-electron chi connectivity index (χ0n) is 23.4. The van der Waals surface area contributed by atoms with E-state index in [0.29, 0.717) is 30.9 Å². The van der Waals surface area contributed by atoms with Gasteiger partial charge in [0.15, 0.2) is 29.6 Å². The van der Waals surface area contributed by atoms with Crippen LogP contribution in [0, 0.1) is 5.41 Å². The van der Waals surface area contributed by atoms with Gasteiger partial charge in [-0.3, -0.25) is 4.79 Å². The van der Waals surface area contributed by atoms with Gasteiger partial charge in [-0.15, -0.1) is 0 Å². The van der Waals surface area contributed by atoms with Gasteiger partial charge in [-0.1, -0.05) is 51.1 Å². The van der Waals surface area contributed by atoms with E-state index in [1.54, 1.807) is 25.2 Å². The van der Waals surface area contributed by atoms with Crippen LogP contribution in [0.4, 0.5) is 0 Å². The maximum atomic E-state index is 12.9. The van der Waals surface area contributed by atoms with Crippen molar-refractivity contribution in [3.8, 4) is 11.5 Å². The first kappa shape index (κ1) is 30.4. The lowest BCUT2D eigenvalue weighted by atomic mass is 9.86. The molecule has 0 saturated carbocycles. The number of hydrogen-bond acceptors (Lipinski definition) is 6. The molecular formula is C29H42N2O5S. The van der Waals surface area contributed by atoms with Gasteiger partial charge in [-0.05, 0) is 73.6 Å². The molecule has 37 heavy (non-hydrogen) atoms. The summed E-state index contributed by atoms with van der Waals surface area (Å²) in [6, 6.07) is 14.1. The fourth-order valence-corrected chi connectivity index (χ4v) is 3.79. The monoisotopic (exact) mass is 530 g/mol. The Labute approximate surface area is 227 Å². The normalized spacial score (nSPS) is 12.5. The molecule has 0 amide bonds. The number of thiocarbonyl (C=S) groups is 1. The molecule has 0 aromatic heterocycles. The molecule has 8 heteroatoms. The maximum Gasteiger partial charge on any atom is 0.313 e. The Hall–Kier alpha value is -2.84. The van der Waals surface area contributed by atoms with Gasteiger partial charge >= 0.3 is 5.97 Å². The van der Waals surface area contributed by atoms with Gasteiger partial charge in [0, 0.05) is 20.1 Å². The molecule has 0 aliphatic carbocycles. The van der Waals surface area contributed by atoms with E-state index in [1.807, 2.05) is 32.9 Å². The molecule has 0 saturated heterocycles. The lowest BCUT2D eigenvalue weighted by molar-refractivity contribution is -0.166. The number of rotatable bonds is 11. The fourth-order valence-electron chi connectivity index (χ4n) is 3.61. The van der Waals surface area contributed by atoms with Gasteiger partial charge in [0.2, 0.25) is 0 Å². The van der Waals surface area contributed by atoms with Crippen molar-refractivity contribution in [3.63, 3.8) is 0 Å². The second-order valence-electron chi connectivity index (χ2n) is 11.1. The maximum absolute atomic E-state index is 12.9. The topological polar surface area (TPSA) is 83.3 Å². The van der Waals surface area contributed by atoms with Crippen LogP contribution in [0.1, 0.15) is 64.7 Å². The highest BCUT2D eigenvalue weighted by Gasteiger charge is 2.30. The lowest BCUT2D eigenvalue weighted by Gasteiger charge is -2.34. The molecule has 0 bridgehead atoms. The minimum atomic E-state index is -0.669. The number of nitrogens with two attached hydrogens (primary N) is 1. The average Bonchev–Trinajstić information content (AvgIpc) is 2.83. The van der Waals surface area contributed by atoms with Crippen LogP contribution in [-0.4, -0.2) is 43.2 Å². The van der Waals surface area contributed by atoms with Crippen molar-refractivity contribution in [1.29, 1.82) is 0 Å². The number of benzene rings is 2. The van der Waals surface area contributed by atoms with Crippen LogP contribution in [0.25, 0.3) is 0 Å². The van der Waals surface area contributed by atoms with E-state index in [1.165, 1.54) is 5.56 Å². The van der Waals surface area contributed by atoms with Crippen molar-refractivity contribution >= 4 is 23.3 Å². The minimum absolute atomic E-state index is 0.0804. The summed E-state index contributed by atoms with van der Waals surface area (Å²) < 4.78 is 22.0. The molecule has 1 unspecified atom stereocenters. The first-order valence-electron chi connectivity index (χ1n) is 12.4. The molecule has 0 aliphatic heterocycles. The molecular weight excluding hydrogens is 488 g/mol. The van der Waals surface area contributed by atoms with Crippen molar-refractivity contribution in [2.24, 2.45) is 11.1 Å². The quantitative estimate of drug-likeness (QED) is 0.229. The fraction of sp³-hybridized carbons (Fsp3) is 0.517. The van der Waals surface area contributed by atoms with Crippen LogP contribution >= 0.6 is 12.2 Å². The number of methoxy groups -OCH3 is 2. The van der Waals surface area contributed by atoms with E-state index in [4.69, 9.17) is 36.9 Å². The summed E-state index contributed by atoms with van der Waals surface area (Å²) in [4.78, 5) is 14.6. The number of hydrogen-bond donors (Lipinski definition) is 1. The number of esters is 1. The predicted molar refractivity (Wildman–Crippen MR) is 151 cm³/mol. The Morgan fingerprint density at radius 3 is 2.11 bits per heavy atom. The highest BCUT2D eigenvalue weighted by molar-refractivity contribution is 7.80. The van der Waals surface area contributed by atoms with E-state index in [2.05, 4.69) is 45.0 Å². The van der Waals surface area contributed by atoms with E-state index < -0.39 is 11.6 Å². The molecule has 1 atom stereocenters. The number of aryl methyl sites for hydroxylation is 1. The summed E-state index contributed by atoms with van der Waals surface area (Å²) in [7, 11) is 3.13. The van der Waals surface area contributed by atoms with Crippen molar-refractivity contribution in [3.05, 3.63) is 59.2 Å². The van der Waals surface area contributed by atoms with E-state index in [0.717, 1.165) is 11.1 Å². The highest BCUT2D eigenvalue weighted by atomic mass is 32.1. The Kier molecular flexibility index (Phi) is 10.8. The SMILES string of the molecule is COCOc1ccc(CN(C(N)=S)C(CCc2ccc(C(C)(C)C)cc2)OC(=O)C(C)(C)C)cc1OC. The van der Waals surface area contributed by atoms with E-state index in [-0.39, 0.29) is 23.3 Å². The third-order valence-corrected chi connectivity index (χ3v) is 6.13. The molecule has 0 spiro atoms. The highest BCUT2D eigenvalue weighted by Crippen LogP contribution is 2.30. The van der Waals surface area contributed by atoms with E-state index >= 15 is 0 Å². The smallest absolute Gasteiger partial charge is 0.313 e. The minimum Gasteiger partial charge on any atom is -0.493 e. The summed E-state index contributed by atoms with van der Waals surface area (Å²) in [5, 5.41) is 0.147. The number of ether oxygens (including phenoxy) is 4. The predicted octanol–water partition coefficient (Wildman–Crippen LogP) is 5.57. The molecule has 2 rings (SSSR count). The Balaban J connectivity index is 2.29. The third-order valence-electron chi connectivity index (χ3n) is 5.90. The molecule has 7 nitrogen and oxygen atoms in total. The second kappa shape index (κ2) is 13.1. The average molecular weight is 531 g/mol. The van der Waals surface area contributed by atoms with Crippen LogP contribution in [-0.2, 0) is 32.6 Å². The first-order chi connectivity index (χ1) is 17.3. The molecule has 2 aromatic carbocycles. The second-order valence-corrected chi connectivity index (χ2v) is 11.5. The van der Waals surface area contributed by atoms with Gasteiger partial charge in [0.05, 0.1) is 12.5 Å². The molecule has 204 valence electrons. The lowest BCUT2D eigenvalue weighted by Crippen LogP contribution is -2.46. The Morgan fingerprint density at radius 1 is 0.973 bits per heavy atom. The zero-order chi connectivity index (χ0) is 27.8. The Morgan fingerprint density at radius 2 is 1.59 bits per heavy atom. The standard InChI is InChI=1S/C29H42N2O5S/c1-28(2,3)22-13-9-20(10-14-22)12-16-25(36-26(32)29(4,5)6)31(27(30)37)18-21-11-15-23(35-19-33-7)24(17-21)34-8/h9-11,13-15,17,25H,12,16,18-19H2,1-8H3,(H2,30,37). The van der Waals surface area contributed by atoms with E-state index in [9.17, 15) is 4.79 Å². The summed E-state index contributed by atoms with van der Waals surface area (Å²) in [5.74, 6) is 0.798. The molecule has 0 fully saturated rings. The molecule has 0 aliphatic rings. The summed E-state index contributed by atoms with van der Waals surface area (Å²) >= 11 is 5.41. The van der Waals surface area contributed by atoms with Gasteiger partial charge in [-0.2, -0.15) is 0 Å². The van der Waals surface area contributed by atoms with Gasteiger partial charge in [0.1, 0.15) is 0 Å². The number of carbonyl (C=O) groups excluding carboxylic acids is 1. The van der Waals surface area contributed by atoms with Gasteiger partial charge in [0.25, 0.3) is 0 Å². The van der Waals surface area contributed by atoms with Crippen LogP contribution in [0.2, 0.25) is 0 Å². The summed E-state index contributed by atoms with van der Waals surface area (Å²) in [6.07, 6.45) is 0.584. The number of carbonyl (C=O) groups is 1. The molecule has 2 N–H and O–H groups in total.